The minimum Gasteiger partial charge on any atom is -0.432 e. The second-order valence-corrected chi connectivity index (χ2v) is 2.91. The van der Waals surface area contributed by atoms with Gasteiger partial charge in [-0.05, 0) is 12.1 Å². The van der Waals surface area contributed by atoms with Crippen LogP contribution in [0.15, 0.2) is 33.9 Å². The summed E-state index contributed by atoms with van der Waals surface area (Å²) >= 11 is 1.52. The monoisotopic (exact) mass is 163 g/mol. The lowest BCUT2D eigenvalue weighted by molar-refractivity contribution is 0.491. The largest absolute Gasteiger partial charge is 0.432 e. The Hall–Kier alpha value is -0.895. The molecule has 54 valence electrons. The lowest BCUT2D eigenvalue weighted by Crippen LogP contribution is -1.65. The Labute approximate surface area is 69.3 Å². The molecule has 0 aliphatic carbocycles. The number of fused-ring (bicyclic) bond motifs is 1. The van der Waals surface area contributed by atoms with E-state index < -0.39 is 0 Å². The minimum absolute atomic E-state index is 0.728. The molecule has 2 aromatic rings. The second-order valence-electron chi connectivity index (χ2n) is 2.15. The highest BCUT2D eigenvalue weighted by Gasteiger charge is 2.00. The molecule has 0 aliphatic rings. The van der Waals surface area contributed by atoms with Crippen LogP contribution >= 0.6 is 11.6 Å². The van der Waals surface area contributed by atoms with E-state index in [4.69, 9.17) is 4.42 Å². The highest BCUT2D eigenvalue weighted by Crippen LogP contribution is 2.19. The van der Waals surface area contributed by atoms with Crippen LogP contribution in [0.4, 0.5) is 0 Å². The van der Waals surface area contributed by atoms with Crippen LogP contribution in [0.2, 0.25) is 0 Å². The molecule has 0 bridgehead atoms. The lowest BCUT2D eigenvalue weighted by Gasteiger charge is -1.80. The van der Waals surface area contributed by atoms with Crippen molar-refractivity contribution in [2.24, 2.45) is 0 Å². The summed E-state index contributed by atoms with van der Waals surface area (Å²) in [7, 11) is 1.95. The minimum atomic E-state index is 0.728. The van der Waals surface area contributed by atoms with Crippen LogP contribution in [0.3, 0.4) is 0 Å². The summed E-state index contributed by atoms with van der Waals surface area (Å²) in [6, 6.07) is 7.76. The van der Waals surface area contributed by atoms with Crippen LogP contribution in [0.5, 0.6) is 0 Å². The van der Waals surface area contributed by atoms with Gasteiger partial charge in [-0.25, -0.2) is 4.98 Å². The highest BCUT2D eigenvalue weighted by atomic mass is 32.2. The zero-order chi connectivity index (χ0) is 7.68. The molecule has 0 saturated heterocycles. The van der Waals surface area contributed by atoms with Crippen LogP contribution < -0.4 is 0 Å². The SMILES string of the molecule is BSc1nc2ccccc2o1. The van der Waals surface area contributed by atoms with Gasteiger partial charge in [0.25, 0.3) is 0 Å². The van der Waals surface area contributed by atoms with Crippen LogP contribution in [-0.2, 0) is 0 Å². The maximum atomic E-state index is 5.37. The van der Waals surface area contributed by atoms with Crippen molar-refractivity contribution in [3.05, 3.63) is 24.3 Å². The summed E-state index contributed by atoms with van der Waals surface area (Å²) in [6.07, 6.45) is 0. The first-order chi connectivity index (χ1) is 5.40. The number of hydrogen-bond acceptors (Lipinski definition) is 3. The van der Waals surface area contributed by atoms with Crippen molar-refractivity contribution in [2.45, 2.75) is 5.22 Å². The Morgan fingerprint density at radius 1 is 1.36 bits per heavy atom. The summed E-state index contributed by atoms with van der Waals surface area (Å²) in [4.78, 5) is 4.23. The van der Waals surface area contributed by atoms with Gasteiger partial charge >= 0.3 is 0 Å². The summed E-state index contributed by atoms with van der Waals surface area (Å²) in [5.74, 6) is 0. The molecule has 2 nitrogen and oxygen atoms in total. The summed E-state index contributed by atoms with van der Waals surface area (Å²) < 4.78 is 5.37. The maximum absolute atomic E-state index is 5.37. The van der Waals surface area contributed by atoms with E-state index in [2.05, 4.69) is 4.98 Å². The number of nitrogens with zero attached hydrogens (tertiary/aromatic N) is 1. The van der Waals surface area contributed by atoms with Crippen molar-refractivity contribution in [1.29, 1.82) is 0 Å². The Bertz CT molecular complexity index is 340. The molecule has 0 N–H and O–H groups in total. The molecular formula is C7H6BNOS. The molecule has 0 radical (unpaired) electrons. The second kappa shape index (κ2) is 2.62. The van der Waals surface area contributed by atoms with Crippen LogP contribution in [0.1, 0.15) is 0 Å². The molecule has 0 unspecified atom stereocenters. The molecule has 11 heavy (non-hydrogen) atoms. The molecule has 1 heterocycles. The van der Waals surface area contributed by atoms with Crippen LogP contribution in [0, 0.1) is 0 Å². The van der Waals surface area contributed by atoms with E-state index in [9.17, 15) is 0 Å². The van der Waals surface area contributed by atoms with Crippen molar-refractivity contribution in [3.8, 4) is 0 Å². The van der Waals surface area contributed by atoms with E-state index in [0.29, 0.717) is 0 Å². The van der Waals surface area contributed by atoms with Crippen LogP contribution in [0.25, 0.3) is 11.1 Å². The standard InChI is InChI=1S/C7H6BNOS/c8-11-7-9-5-3-1-2-4-6(5)10-7/h1-4H,8H2. The van der Waals surface area contributed by atoms with Gasteiger partial charge < -0.3 is 4.42 Å². The first kappa shape index (κ1) is 6.79. The molecule has 0 aliphatic heterocycles. The van der Waals surface area contributed by atoms with E-state index in [-0.39, 0.29) is 0 Å². The first-order valence-corrected chi connectivity index (χ1v) is 4.52. The molecule has 0 atom stereocenters. The number of hydrogen-bond donors (Lipinski definition) is 0. The van der Waals surface area contributed by atoms with Gasteiger partial charge in [-0.1, -0.05) is 12.1 Å². The first-order valence-electron chi connectivity index (χ1n) is 3.30. The summed E-state index contributed by atoms with van der Waals surface area (Å²) in [5.41, 5.74) is 1.79. The topological polar surface area (TPSA) is 26.0 Å². The number of para-hydroxylation sites is 2. The fraction of sp³-hybridized carbons (Fsp3) is 0. The Morgan fingerprint density at radius 2 is 2.18 bits per heavy atom. The molecule has 4 heteroatoms. The smallest absolute Gasteiger partial charge is 0.245 e. The van der Waals surface area contributed by atoms with Crippen molar-refractivity contribution < 1.29 is 4.42 Å². The number of benzene rings is 1. The summed E-state index contributed by atoms with van der Waals surface area (Å²) in [5, 5.41) is 0.728. The lowest BCUT2D eigenvalue weighted by atomic mass is 10.3. The van der Waals surface area contributed by atoms with E-state index in [1.807, 2.05) is 31.4 Å². The predicted molar refractivity (Wildman–Crippen MR) is 48.4 cm³/mol. The average molecular weight is 163 g/mol. The average Bonchev–Trinajstić information content (AvgIpc) is 2.46. The summed E-state index contributed by atoms with van der Waals surface area (Å²) in [6.45, 7) is 0. The predicted octanol–water partition coefficient (Wildman–Crippen LogP) is 1.47. The van der Waals surface area contributed by atoms with Gasteiger partial charge in [0.05, 0.1) is 0 Å². The molecule has 0 amide bonds. The number of rotatable bonds is 1. The van der Waals surface area contributed by atoms with Gasteiger partial charge in [-0.2, -0.15) is 0 Å². The third-order valence-electron chi connectivity index (χ3n) is 1.45. The van der Waals surface area contributed by atoms with E-state index >= 15 is 0 Å². The van der Waals surface area contributed by atoms with Gasteiger partial charge in [-0.15, -0.1) is 11.6 Å². The Balaban J connectivity index is 2.69. The third kappa shape index (κ3) is 1.14. The molecule has 1 aromatic carbocycles. The molecule has 0 saturated carbocycles. The van der Waals surface area contributed by atoms with Gasteiger partial charge in [0, 0.05) is 0 Å². The maximum Gasteiger partial charge on any atom is 0.245 e. The van der Waals surface area contributed by atoms with Crippen molar-refractivity contribution in [2.75, 3.05) is 0 Å². The molecule has 1 aromatic heterocycles. The van der Waals surface area contributed by atoms with Crippen molar-refractivity contribution in [1.82, 2.24) is 4.98 Å². The third-order valence-corrected chi connectivity index (χ3v) is 1.97. The normalized spacial score (nSPS) is 10.5. The zero-order valence-corrected chi connectivity index (χ0v) is 6.89. The van der Waals surface area contributed by atoms with Crippen LogP contribution in [-0.4, -0.2) is 12.1 Å². The van der Waals surface area contributed by atoms with Gasteiger partial charge in [0.2, 0.25) is 5.22 Å². The molecule has 0 spiro atoms. The fourth-order valence-corrected chi connectivity index (χ4v) is 1.30. The van der Waals surface area contributed by atoms with E-state index in [1.54, 1.807) is 0 Å². The van der Waals surface area contributed by atoms with E-state index in [0.717, 1.165) is 16.3 Å². The highest BCUT2D eigenvalue weighted by molar-refractivity contribution is 8.19. The molecular weight excluding hydrogens is 157 g/mol. The fourth-order valence-electron chi connectivity index (χ4n) is 0.938. The number of oxazole rings is 1. The van der Waals surface area contributed by atoms with Crippen molar-refractivity contribution in [3.63, 3.8) is 0 Å². The molecule has 2 rings (SSSR count). The molecule has 0 fully saturated rings. The van der Waals surface area contributed by atoms with Gasteiger partial charge in [-0.3, -0.25) is 0 Å². The van der Waals surface area contributed by atoms with E-state index in [1.165, 1.54) is 11.6 Å². The van der Waals surface area contributed by atoms with Gasteiger partial charge in [0.15, 0.2) is 12.7 Å². The quantitative estimate of drug-likeness (QED) is 0.595. The number of aromatic nitrogens is 1. The van der Waals surface area contributed by atoms with Crippen molar-refractivity contribution >= 4 is 29.8 Å². The Morgan fingerprint density at radius 3 is 2.91 bits per heavy atom. The van der Waals surface area contributed by atoms with Gasteiger partial charge in [0.1, 0.15) is 5.52 Å². The Kier molecular flexibility index (Phi) is 1.62. The zero-order valence-electron chi connectivity index (χ0n) is 6.07.